The molecule has 3 saturated heterocycles. The van der Waals surface area contributed by atoms with Gasteiger partial charge in [-0.25, -0.2) is 8.42 Å². The topological polar surface area (TPSA) is 121 Å². The summed E-state index contributed by atoms with van der Waals surface area (Å²) in [5.74, 6) is -0.484. The van der Waals surface area contributed by atoms with E-state index in [1.54, 1.807) is 36.4 Å². The van der Waals surface area contributed by atoms with Crippen molar-refractivity contribution in [3.05, 3.63) is 79.4 Å². The van der Waals surface area contributed by atoms with E-state index in [1.165, 1.54) is 7.11 Å². The molecule has 3 aliphatic rings. The highest BCUT2D eigenvalue weighted by Crippen LogP contribution is 2.41. The van der Waals surface area contributed by atoms with Gasteiger partial charge in [0.05, 0.1) is 79.3 Å². The summed E-state index contributed by atoms with van der Waals surface area (Å²) in [6, 6.07) is 8.37. The molecule has 1 unspecified atom stereocenters. The third-order valence-electron chi connectivity index (χ3n) is 9.39. The van der Waals surface area contributed by atoms with Crippen molar-refractivity contribution in [1.29, 1.82) is 0 Å². The van der Waals surface area contributed by atoms with Gasteiger partial charge in [0, 0.05) is 32.3 Å². The number of aliphatic hydroxyl groups excluding tert-OH is 2. The second kappa shape index (κ2) is 17.3. The number of ether oxygens (including phenoxy) is 5. The van der Waals surface area contributed by atoms with Crippen molar-refractivity contribution < 1.29 is 42.3 Å². The van der Waals surface area contributed by atoms with Gasteiger partial charge >= 0.3 is 0 Å². The van der Waals surface area contributed by atoms with E-state index in [4.69, 9.17) is 23.7 Å². The summed E-state index contributed by atoms with van der Waals surface area (Å²) >= 11 is 0. The standard InChI is InChI=1S/C36H52O9S/c1-6-16-42-17-10-11-28-19-25(3)32(43-28)15-14-29-18-24(2)26(4)33(44-29)21-34-31(23-46(39,40)30-12-8-7-9-13-30)36(41-5)35(45-34)20-27(38)22-37/h6-13,24,27-29,31-38H,1,3-4,14-23H2,2,5H3/b11-10+/t24-,27?,28+,29+,31+,32+,33-,34+,35-,36-/m1/s1. The maximum atomic E-state index is 13.5. The van der Waals surface area contributed by atoms with E-state index < -0.39 is 46.8 Å². The molecular weight excluding hydrogens is 608 g/mol. The molecule has 3 aliphatic heterocycles. The van der Waals surface area contributed by atoms with Gasteiger partial charge in [-0.15, -0.1) is 6.58 Å². The van der Waals surface area contributed by atoms with Crippen LogP contribution >= 0.6 is 0 Å². The van der Waals surface area contributed by atoms with Crippen molar-refractivity contribution in [3.63, 3.8) is 0 Å². The van der Waals surface area contributed by atoms with E-state index in [0.29, 0.717) is 19.6 Å². The Morgan fingerprint density at radius 1 is 1.07 bits per heavy atom. The van der Waals surface area contributed by atoms with Crippen molar-refractivity contribution >= 4 is 9.84 Å². The quantitative estimate of drug-likeness (QED) is 0.183. The number of hydrogen-bond acceptors (Lipinski definition) is 9. The van der Waals surface area contributed by atoms with Crippen LogP contribution in [0.2, 0.25) is 0 Å². The Morgan fingerprint density at radius 2 is 1.83 bits per heavy atom. The highest BCUT2D eigenvalue weighted by molar-refractivity contribution is 7.91. The zero-order chi connectivity index (χ0) is 33.3. The summed E-state index contributed by atoms with van der Waals surface area (Å²) in [4.78, 5) is 0.240. The van der Waals surface area contributed by atoms with Gasteiger partial charge in [0.1, 0.15) is 0 Å². The largest absolute Gasteiger partial charge is 0.394 e. The van der Waals surface area contributed by atoms with Crippen LogP contribution in [0.3, 0.4) is 0 Å². The summed E-state index contributed by atoms with van der Waals surface area (Å²) in [6.45, 7) is 15.0. The second-order valence-electron chi connectivity index (χ2n) is 12.8. The predicted molar refractivity (Wildman–Crippen MR) is 177 cm³/mol. The van der Waals surface area contributed by atoms with E-state index in [9.17, 15) is 18.6 Å². The number of methoxy groups -OCH3 is 1. The van der Waals surface area contributed by atoms with Crippen LogP contribution in [-0.2, 0) is 33.5 Å². The molecule has 10 atom stereocenters. The fourth-order valence-electron chi connectivity index (χ4n) is 6.90. The number of benzene rings is 1. The van der Waals surface area contributed by atoms with E-state index in [-0.39, 0.29) is 47.4 Å². The van der Waals surface area contributed by atoms with Crippen molar-refractivity contribution in [2.75, 3.05) is 32.7 Å². The molecule has 1 aromatic rings. The molecule has 0 aromatic heterocycles. The van der Waals surface area contributed by atoms with Gasteiger partial charge in [0.15, 0.2) is 9.84 Å². The van der Waals surface area contributed by atoms with Crippen molar-refractivity contribution in [2.45, 2.75) is 99.2 Å². The SMILES string of the molecule is C=CCOC/C=C/[C@H]1CC(=C)[C@H](CC[C@H]2C[C@@H](C)C(=C)[C@@H](C[C@@H]3O[C@H](CC(O)CO)[C@H](OC)[C@H]3CS(=O)(=O)c3ccccc3)O2)O1. The van der Waals surface area contributed by atoms with Gasteiger partial charge < -0.3 is 33.9 Å². The Bertz CT molecular complexity index is 1280. The summed E-state index contributed by atoms with van der Waals surface area (Å²) < 4.78 is 57.6. The monoisotopic (exact) mass is 660 g/mol. The van der Waals surface area contributed by atoms with Crippen LogP contribution in [0.4, 0.5) is 0 Å². The molecule has 2 N–H and O–H groups in total. The van der Waals surface area contributed by atoms with E-state index >= 15 is 0 Å². The van der Waals surface area contributed by atoms with E-state index in [2.05, 4.69) is 26.7 Å². The smallest absolute Gasteiger partial charge is 0.178 e. The van der Waals surface area contributed by atoms with Gasteiger partial charge in [-0.1, -0.05) is 56.5 Å². The first kappa shape index (κ1) is 36.7. The molecule has 256 valence electrons. The fraction of sp³-hybridized carbons (Fsp3) is 0.611. The Morgan fingerprint density at radius 3 is 2.52 bits per heavy atom. The summed E-state index contributed by atoms with van der Waals surface area (Å²) in [5, 5.41) is 19.7. The first-order valence-corrected chi connectivity index (χ1v) is 18.0. The minimum absolute atomic E-state index is 0.0156. The van der Waals surface area contributed by atoms with Gasteiger partial charge in [-0.2, -0.15) is 0 Å². The van der Waals surface area contributed by atoms with Gasteiger partial charge in [0.2, 0.25) is 0 Å². The first-order chi connectivity index (χ1) is 22.1. The number of sulfone groups is 1. The first-order valence-electron chi connectivity index (χ1n) is 16.3. The molecular formula is C36H52O9S. The Balaban J connectivity index is 1.42. The maximum absolute atomic E-state index is 13.5. The van der Waals surface area contributed by atoms with Crippen LogP contribution in [0.1, 0.15) is 45.4 Å². The summed E-state index contributed by atoms with van der Waals surface area (Å²) in [6.07, 6.45) is 6.34. The molecule has 0 amide bonds. The van der Waals surface area contributed by atoms with Gasteiger partial charge in [0.25, 0.3) is 0 Å². The molecule has 4 rings (SSSR count). The van der Waals surface area contributed by atoms with Crippen LogP contribution < -0.4 is 0 Å². The Kier molecular flexibility index (Phi) is 13.8. The molecule has 0 saturated carbocycles. The second-order valence-corrected chi connectivity index (χ2v) is 14.8. The van der Waals surface area contributed by atoms with Crippen LogP contribution in [0.25, 0.3) is 0 Å². The van der Waals surface area contributed by atoms with Crippen molar-refractivity contribution in [1.82, 2.24) is 0 Å². The Hall–Kier alpha value is -2.15. The zero-order valence-electron chi connectivity index (χ0n) is 27.2. The third kappa shape index (κ3) is 9.70. The molecule has 0 bridgehead atoms. The molecule has 46 heavy (non-hydrogen) atoms. The zero-order valence-corrected chi connectivity index (χ0v) is 28.1. The van der Waals surface area contributed by atoms with Crippen molar-refractivity contribution in [2.24, 2.45) is 11.8 Å². The molecule has 0 spiro atoms. The lowest BCUT2D eigenvalue weighted by Crippen LogP contribution is -2.40. The highest BCUT2D eigenvalue weighted by Gasteiger charge is 2.49. The molecule has 9 nitrogen and oxygen atoms in total. The van der Waals surface area contributed by atoms with Crippen LogP contribution in [-0.4, -0.2) is 100 Å². The average molecular weight is 661 g/mol. The van der Waals surface area contributed by atoms with E-state index in [1.807, 2.05) is 12.2 Å². The molecule has 3 heterocycles. The van der Waals surface area contributed by atoms with Crippen molar-refractivity contribution in [3.8, 4) is 0 Å². The lowest BCUT2D eigenvalue weighted by molar-refractivity contribution is -0.0785. The van der Waals surface area contributed by atoms with Crippen LogP contribution in [0, 0.1) is 11.8 Å². The normalized spacial score (nSPS) is 32.7. The van der Waals surface area contributed by atoms with Crippen LogP contribution in [0.5, 0.6) is 0 Å². The minimum Gasteiger partial charge on any atom is -0.394 e. The molecule has 3 fully saturated rings. The minimum atomic E-state index is -3.66. The van der Waals surface area contributed by atoms with Crippen LogP contribution in [0.15, 0.2) is 84.3 Å². The highest BCUT2D eigenvalue weighted by atomic mass is 32.2. The lowest BCUT2D eigenvalue weighted by Gasteiger charge is -2.38. The van der Waals surface area contributed by atoms with Gasteiger partial charge in [-0.05, 0) is 48.5 Å². The number of hydrogen-bond donors (Lipinski definition) is 2. The lowest BCUT2D eigenvalue weighted by atomic mass is 9.83. The number of rotatable bonds is 17. The van der Waals surface area contributed by atoms with E-state index in [0.717, 1.165) is 36.8 Å². The summed E-state index contributed by atoms with van der Waals surface area (Å²) in [5.41, 5.74) is 2.04. The average Bonchev–Trinajstić information content (AvgIpc) is 3.55. The fourth-order valence-corrected chi connectivity index (χ4v) is 8.57. The molecule has 10 heteroatoms. The summed E-state index contributed by atoms with van der Waals surface area (Å²) in [7, 11) is -2.14. The Labute approximate surface area is 274 Å². The third-order valence-corrected chi connectivity index (χ3v) is 11.2. The molecule has 0 radical (unpaired) electrons. The molecule has 1 aromatic carbocycles. The molecule has 0 aliphatic carbocycles. The maximum Gasteiger partial charge on any atom is 0.178 e. The predicted octanol–water partition coefficient (Wildman–Crippen LogP) is 4.59. The van der Waals surface area contributed by atoms with Gasteiger partial charge in [-0.3, -0.25) is 0 Å². The number of aliphatic hydroxyl groups is 2.